The molecule has 0 aliphatic heterocycles. The third-order valence-electron chi connectivity index (χ3n) is 7.68. The lowest BCUT2D eigenvalue weighted by atomic mass is 10.0. The van der Waals surface area contributed by atoms with Crippen molar-refractivity contribution in [1.29, 1.82) is 0 Å². The molecule has 0 aliphatic carbocycles. The quantitative estimate of drug-likeness (QED) is 0.106. The minimum absolute atomic E-state index is 0.714. The highest BCUT2D eigenvalue weighted by Crippen LogP contribution is 2.15. The zero-order valence-corrected chi connectivity index (χ0v) is 25.1. The summed E-state index contributed by atoms with van der Waals surface area (Å²) in [7, 11) is 0. The highest BCUT2D eigenvalue weighted by Gasteiger charge is 2.08. The van der Waals surface area contributed by atoms with Crippen LogP contribution in [0.5, 0.6) is 0 Å². The van der Waals surface area contributed by atoms with Gasteiger partial charge in [0.1, 0.15) is 0 Å². The van der Waals surface area contributed by atoms with Crippen LogP contribution in [0.25, 0.3) is 0 Å². The van der Waals surface area contributed by atoms with Gasteiger partial charge in [0.2, 0.25) is 0 Å². The van der Waals surface area contributed by atoms with Crippen LogP contribution in [-0.4, -0.2) is 24.0 Å². The zero-order valence-electron chi connectivity index (χ0n) is 25.1. The van der Waals surface area contributed by atoms with E-state index in [1.54, 1.807) is 0 Å². The number of hydrogen-bond acceptors (Lipinski definition) is 1. The van der Waals surface area contributed by atoms with Crippen molar-refractivity contribution in [2.45, 2.75) is 189 Å². The van der Waals surface area contributed by atoms with E-state index in [0.29, 0.717) is 6.04 Å². The largest absolute Gasteiger partial charge is 0.301 e. The topological polar surface area (TPSA) is 3.24 Å². The molecule has 0 aliphatic rings. The van der Waals surface area contributed by atoms with E-state index >= 15 is 0 Å². The van der Waals surface area contributed by atoms with Gasteiger partial charge in [0.25, 0.3) is 0 Å². The molecule has 0 aromatic carbocycles. The molecule has 0 aromatic rings. The second-order valence-corrected chi connectivity index (χ2v) is 12.6. The number of hydrogen-bond donors (Lipinski definition) is 0. The molecule has 0 unspecified atom stereocenters. The molecule has 0 rings (SSSR count). The lowest BCUT2D eigenvalue weighted by molar-refractivity contribution is 0.211. The van der Waals surface area contributed by atoms with Crippen molar-refractivity contribution < 1.29 is 0 Å². The normalized spacial score (nSPS) is 12.2. The highest BCUT2D eigenvalue weighted by molar-refractivity contribution is 4.63. The predicted molar refractivity (Wildman–Crippen MR) is 158 cm³/mol. The summed E-state index contributed by atoms with van der Waals surface area (Å²) in [5.41, 5.74) is 0. The van der Waals surface area contributed by atoms with Gasteiger partial charge >= 0.3 is 0 Å². The fourth-order valence-electron chi connectivity index (χ4n) is 5.19. The van der Waals surface area contributed by atoms with Crippen LogP contribution < -0.4 is 0 Å². The molecular formula is C33H69N. The van der Waals surface area contributed by atoms with Gasteiger partial charge in [0.05, 0.1) is 0 Å². The third-order valence-corrected chi connectivity index (χ3v) is 7.68. The zero-order chi connectivity index (χ0) is 25.3. The minimum Gasteiger partial charge on any atom is -0.301 e. The van der Waals surface area contributed by atoms with Gasteiger partial charge in [-0.2, -0.15) is 0 Å². The standard InChI is InChI=1S/C33H69N/c1-31(2)27-23-19-15-11-7-9-13-17-21-25-29-34(33(5)6)30-26-22-18-14-10-8-12-16-20-24-28-32(3)4/h31-33H,7-30H2,1-6H3. The Bertz CT molecular complexity index is 341. The molecule has 0 amide bonds. The van der Waals surface area contributed by atoms with E-state index in [0.717, 1.165) is 11.8 Å². The van der Waals surface area contributed by atoms with Crippen molar-refractivity contribution in [3.05, 3.63) is 0 Å². The molecule has 0 saturated carbocycles. The Morgan fingerprint density at radius 2 is 0.559 bits per heavy atom. The van der Waals surface area contributed by atoms with E-state index in [2.05, 4.69) is 46.4 Å². The number of nitrogens with zero attached hydrogens (tertiary/aromatic N) is 1. The second kappa shape index (κ2) is 26.0. The lowest BCUT2D eigenvalue weighted by Crippen LogP contribution is -2.32. The average Bonchev–Trinajstić information content (AvgIpc) is 2.78. The fraction of sp³-hybridized carbons (Fsp3) is 1.00. The van der Waals surface area contributed by atoms with Crippen LogP contribution in [0.4, 0.5) is 0 Å². The van der Waals surface area contributed by atoms with E-state index in [9.17, 15) is 0 Å². The van der Waals surface area contributed by atoms with Crippen LogP contribution in [-0.2, 0) is 0 Å². The maximum absolute atomic E-state index is 2.74. The van der Waals surface area contributed by atoms with Gasteiger partial charge < -0.3 is 4.90 Å². The van der Waals surface area contributed by atoms with Gasteiger partial charge in [-0.1, -0.05) is 156 Å². The molecule has 206 valence electrons. The fourth-order valence-corrected chi connectivity index (χ4v) is 5.19. The summed E-state index contributed by atoms with van der Waals surface area (Å²) >= 11 is 0. The van der Waals surface area contributed by atoms with Crippen LogP contribution in [0.2, 0.25) is 0 Å². The SMILES string of the molecule is CC(C)CCCCCCCCCCCCN(CCCCCCCCCCCCC(C)C)C(C)C. The molecule has 0 heterocycles. The minimum atomic E-state index is 0.714. The molecule has 0 aromatic heterocycles. The summed E-state index contributed by atoms with van der Waals surface area (Å²) in [6.07, 6.45) is 31.9. The van der Waals surface area contributed by atoms with Crippen molar-refractivity contribution in [1.82, 2.24) is 4.90 Å². The van der Waals surface area contributed by atoms with Crippen molar-refractivity contribution in [2.24, 2.45) is 11.8 Å². The maximum atomic E-state index is 2.74. The highest BCUT2D eigenvalue weighted by atomic mass is 15.1. The van der Waals surface area contributed by atoms with Crippen molar-refractivity contribution in [2.75, 3.05) is 13.1 Å². The summed E-state index contributed by atoms with van der Waals surface area (Å²) in [4.78, 5) is 2.74. The van der Waals surface area contributed by atoms with Gasteiger partial charge in [-0.05, 0) is 51.6 Å². The van der Waals surface area contributed by atoms with E-state index in [-0.39, 0.29) is 0 Å². The van der Waals surface area contributed by atoms with Gasteiger partial charge in [-0.25, -0.2) is 0 Å². The summed E-state index contributed by atoms with van der Waals surface area (Å²) in [6.45, 7) is 16.8. The predicted octanol–water partition coefficient (Wildman–Crippen LogP) is 11.6. The van der Waals surface area contributed by atoms with E-state index in [1.807, 2.05) is 0 Å². The molecule has 34 heavy (non-hydrogen) atoms. The van der Waals surface area contributed by atoms with Gasteiger partial charge in [-0.3, -0.25) is 0 Å². The first-order valence-corrected chi connectivity index (χ1v) is 16.2. The summed E-state index contributed by atoms with van der Waals surface area (Å²) in [5.74, 6) is 1.78. The molecule has 1 nitrogen and oxygen atoms in total. The van der Waals surface area contributed by atoms with E-state index in [1.165, 1.54) is 154 Å². The molecule has 0 spiro atoms. The van der Waals surface area contributed by atoms with Crippen LogP contribution in [0.1, 0.15) is 183 Å². The summed E-state index contributed by atoms with van der Waals surface area (Å²) in [6, 6.07) is 0.714. The van der Waals surface area contributed by atoms with E-state index < -0.39 is 0 Å². The molecule has 0 N–H and O–H groups in total. The van der Waals surface area contributed by atoms with Crippen LogP contribution >= 0.6 is 0 Å². The van der Waals surface area contributed by atoms with Crippen molar-refractivity contribution in [3.63, 3.8) is 0 Å². The van der Waals surface area contributed by atoms with E-state index in [4.69, 9.17) is 0 Å². The molecule has 0 saturated heterocycles. The first-order chi connectivity index (χ1) is 16.4. The van der Waals surface area contributed by atoms with Gasteiger partial charge in [-0.15, -0.1) is 0 Å². The summed E-state index contributed by atoms with van der Waals surface area (Å²) in [5, 5.41) is 0. The Hall–Kier alpha value is -0.0400. The maximum Gasteiger partial charge on any atom is 0.00385 e. The lowest BCUT2D eigenvalue weighted by Gasteiger charge is -2.26. The van der Waals surface area contributed by atoms with Gasteiger partial charge in [0, 0.05) is 6.04 Å². The smallest absolute Gasteiger partial charge is 0.00385 e. The number of rotatable bonds is 27. The molecule has 0 atom stereocenters. The number of unbranched alkanes of at least 4 members (excludes halogenated alkanes) is 18. The molecule has 0 fully saturated rings. The van der Waals surface area contributed by atoms with Crippen LogP contribution in [0.3, 0.4) is 0 Å². The van der Waals surface area contributed by atoms with Gasteiger partial charge in [0.15, 0.2) is 0 Å². The Morgan fingerprint density at radius 3 is 0.794 bits per heavy atom. The van der Waals surface area contributed by atoms with Crippen LogP contribution in [0.15, 0.2) is 0 Å². The van der Waals surface area contributed by atoms with Crippen molar-refractivity contribution in [3.8, 4) is 0 Å². The third kappa shape index (κ3) is 26.6. The molecule has 0 radical (unpaired) electrons. The molecule has 1 heteroatoms. The Balaban J connectivity index is 3.43. The first kappa shape index (κ1) is 34.0. The first-order valence-electron chi connectivity index (χ1n) is 16.2. The average molecular weight is 480 g/mol. The molecular weight excluding hydrogens is 410 g/mol. The Kier molecular flexibility index (Phi) is 26.0. The van der Waals surface area contributed by atoms with Crippen LogP contribution in [0, 0.1) is 11.8 Å². The van der Waals surface area contributed by atoms with Crippen molar-refractivity contribution >= 4 is 0 Å². The molecule has 0 bridgehead atoms. The monoisotopic (exact) mass is 480 g/mol. The Morgan fingerprint density at radius 1 is 0.324 bits per heavy atom. The Labute approximate surface area is 218 Å². The summed E-state index contributed by atoms with van der Waals surface area (Å²) < 4.78 is 0. The second-order valence-electron chi connectivity index (χ2n) is 12.6.